The van der Waals surface area contributed by atoms with Gasteiger partial charge in [0, 0.05) is 0 Å². The van der Waals surface area contributed by atoms with Gasteiger partial charge in [-0.2, -0.15) is 8.78 Å². The number of allylic oxidation sites excluding steroid dienone is 1. The molecule has 0 atom stereocenters. The Hall–Kier alpha value is -2.36. The van der Waals surface area contributed by atoms with Gasteiger partial charge in [-0.25, -0.2) is 0 Å². The van der Waals surface area contributed by atoms with Gasteiger partial charge in [-0.05, 0) is 67.7 Å². The van der Waals surface area contributed by atoms with Crippen molar-refractivity contribution in [3.63, 3.8) is 0 Å². The SMILES string of the molecule is CC=COc1ccc(OCc2ccc(C3CCC(CCC)CC3)cc2)c(F)c1F. The predicted molar refractivity (Wildman–Crippen MR) is 112 cm³/mol. The number of hydrogen-bond acceptors (Lipinski definition) is 2. The molecule has 0 spiro atoms. The molecule has 156 valence electrons. The van der Waals surface area contributed by atoms with Crippen LogP contribution in [0.4, 0.5) is 8.78 Å². The van der Waals surface area contributed by atoms with Crippen LogP contribution in [0.5, 0.6) is 11.5 Å². The summed E-state index contributed by atoms with van der Waals surface area (Å²) < 4.78 is 38.7. The van der Waals surface area contributed by atoms with Crippen molar-refractivity contribution in [2.24, 2.45) is 5.92 Å². The zero-order valence-electron chi connectivity index (χ0n) is 17.3. The second kappa shape index (κ2) is 10.4. The molecule has 1 fully saturated rings. The van der Waals surface area contributed by atoms with Gasteiger partial charge in [-0.3, -0.25) is 0 Å². The Bertz CT molecular complexity index is 806. The second-order valence-electron chi connectivity index (χ2n) is 7.81. The van der Waals surface area contributed by atoms with E-state index >= 15 is 0 Å². The molecular weight excluding hydrogens is 370 g/mol. The molecule has 0 radical (unpaired) electrons. The van der Waals surface area contributed by atoms with Crippen molar-refractivity contribution in [3.05, 3.63) is 71.5 Å². The molecule has 0 heterocycles. The highest BCUT2D eigenvalue weighted by Gasteiger charge is 2.21. The maximum atomic E-state index is 14.2. The monoisotopic (exact) mass is 400 g/mol. The van der Waals surface area contributed by atoms with Gasteiger partial charge >= 0.3 is 0 Å². The summed E-state index contributed by atoms with van der Waals surface area (Å²) in [7, 11) is 0. The van der Waals surface area contributed by atoms with Crippen LogP contribution in [0.2, 0.25) is 0 Å². The van der Waals surface area contributed by atoms with E-state index < -0.39 is 11.6 Å². The third-order valence-corrected chi connectivity index (χ3v) is 5.73. The summed E-state index contributed by atoms with van der Waals surface area (Å²) in [6.45, 7) is 4.18. The number of ether oxygens (including phenoxy) is 2. The topological polar surface area (TPSA) is 18.5 Å². The fourth-order valence-electron chi connectivity index (χ4n) is 4.10. The van der Waals surface area contributed by atoms with Crippen LogP contribution >= 0.6 is 0 Å². The molecular formula is C25H30F2O2. The van der Waals surface area contributed by atoms with Gasteiger partial charge in [-0.15, -0.1) is 0 Å². The van der Waals surface area contributed by atoms with Gasteiger partial charge in [0.15, 0.2) is 11.5 Å². The smallest absolute Gasteiger partial charge is 0.205 e. The zero-order chi connectivity index (χ0) is 20.6. The van der Waals surface area contributed by atoms with Crippen molar-refractivity contribution >= 4 is 0 Å². The van der Waals surface area contributed by atoms with Gasteiger partial charge in [0.1, 0.15) is 6.61 Å². The van der Waals surface area contributed by atoms with Crippen LogP contribution in [0.25, 0.3) is 0 Å². The average Bonchev–Trinajstić information content (AvgIpc) is 2.75. The fraction of sp³-hybridized carbons (Fsp3) is 0.440. The van der Waals surface area contributed by atoms with E-state index in [9.17, 15) is 8.78 Å². The normalized spacial score (nSPS) is 19.4. The van der Waals surface area contributed by atoms with Gasteiger partial charge in [0.05, 0.1) is 6.26 Å². The van der Waals surface area contributed by atoms with E-state index in [-0.39, 0.29) is 18.1 Å². The first-order valence-electron chi connectivity index (χ1n) is 10.6. The fourth-order valence-corrected chi connectivity index (χ4v) is 4.10. The van der Waals surface area contributed by atoms with Crippen molar-refractivity contribution in [2.45, 2.75) is 64.9 Å². The lowest BCUT2D eigenvalue weighted by molar-refractivity contribution is 0.281. The Balaban J connectivity index is 1.56. The minimum absolute atomic E-state index is 0.117. The highest BCUT2D eigenvalue weighted by atomic mass is 19.2. The first-order chi connectivity index (χ1) is 14.1. The van der Waals surface area contributed by atoms with E-state index in [1.165, 1.54) is 62.5 Å². The highest BCUT2D eigenvalue weighted by molar-refractivity contribution is 5.35. The Kier molecular flexibility index (Phi) is 7.68. The van der Waals surface area contributed by atoms with E-state index in [0.29, 0.717) is 5.92 Å². The zero-order valence-corrected chi connectivity index (χ0v) is 17.3. The van der Waals surface area contributed by atoms with Crippen LogP contribution < -0.4 is 9.47 Å². The Morgan fingerprint density at radius 3 is 2.24 bits per heavy atom. The molecule has 0 unspecified atom stereocenters. The molecule has 3 rings (SSSR count). The molecule has 0 bridgehead atoms. The third kappa shape index (κ3) is 5.59. The standard InChI is InChI=1S/C25H30F2O2/c1-3-5-18-6-10-20(11-7-18)21-12-8-19(9-13-21)17-29-23-15-14-22(28-16-4-2)24(26)25(23)27/h4,8-9,12-16,18,20H,3,5-7,10-11,17H2,1-2H3. The minimum Gasteiger partial charge on any atom is -0.486 e. The van der Waals surface area contributed by atoms with Crippen LogP contribution in [-0.2, 0) is 6.61 Å². The van der Waals surface area contributed by atoms with Crippen LogP contribution in [-0.4, -0.2) is 0 Å². The van der Waals surface area contributed by atoms with E-state index in [1.807, 2.05) is 12.1 Å². The van der Waals surface area contributed by atoms with Crippen LogP contribution in [0.15, 0.2) is 48.7 Å². The molecule has 0 saturated heterocycles. The summed E-state index contributed by atoms with van der Waals surface area (Å²) in [5.41, 5.74) is 2.30. The lowest BCUT2D eigenvalue weighted by Gasteiger charge is -2.28. The summed E-state index contributed by atoms with van der Waals surface area (Å²) in [4.78, 5) is 0. The van der Waals surface area contributed by atoms with E-state index in [4.69, 9.17) is 9.47 Å². The Labute approximate surface area is 172 Å². The molecule has 0 aromatic heterocycles. The second-order valence-corrected chi connectivity index (χ2v) is 7.81. The van der Waals surface area contributed by atoms with E-state index in [0.717, 1.165) is 11.5 Å². The molecule has 2 aromatic carbocycles. The van der Waals surface area contributed by atoms with Crippen molar-refractivity contribution < 1.29 is 18.3 Å². The summed E-state index contributed by atoms with van der Waals surface area (Å²) in [5.74, 6) is -0.829. The minimum atomic E-state index is -1.05. The third-order valence-electron chi connectivity index (χ3n) is 5.73. The summed E-state index contributed by atoms with van der Waals surface area (Å²) >= 11 is 0. The van der Waals surface area contributed by atoms with Crippen molar-refractivity contribution in [3.8, 4) is 11.5 Å². The molecule has 0 amide bonds. The van der Waals surface area contributed by atoms with Crippen LogP contribution in [0.3, 0.4) is 0 Å². The number of rotatable bonds is 8. The van der Waals surface area contributed by atoms with Gasteiger partial charge in [-0.1, -0.05) is 50.1 Å². The maximum Gasteiger partial charge on any atom is 0.205 e. The first-order valence-corrected chi connectivity index (χ1v) is 10.6. The van der Waals surface area contributed by atoms with Crippen molar-refractivity contribution in [1.82, 2.24) is 0 Å². The van der Waals surface area contributed by atoms with Gasteiger partial charge in [0.2, 0.25) is 11.6 Å². The molecule has 1 aliphatic carbocycles. The first kappa shape index (κ1) is 21.4. The summed E-state index contributed by atoms with van der Waals surface area (Å²) in [6.07, 6.45) is 10.7. The lowest BCUT2D eigenvalue weighted by Crippen LogP contribution is -2.13. The molecule has 1 saturated carbocycles. The van der Waals surface area contributed by atoms with Crippen LogP contribution in [0.1, 0.15) is 69.4 Å². The average molecular weight is 401 g/mol. The van der Waals surface area contributed by atoms with Crippen LogP contribution in [0, 0.1) is 17.6 Å². The van der Waals surface area contributed by atoms with Gasteiger partial charge < -0.3 is 9.47 Å². The summed E-state index contributed by atoms with van der Waals surface area (Å²) in [5, 5.41) is 0. The number of hydrogen-bond donors (Lipinski definition) is 0. The molecule has 29 heavy (non-hydrogen) atoms. The van der Waals surface area contributed by atoms with E-state index in [1.54, 1.807) is 13.0 Å². The quantitative estimate of drug-likeness (QED) is 0.426. The number of halogens is 2. The highest BCUT2D eigenvalue weighted by Crippen LogP contribution is 2.37. The molecule has 0 aliphatic heterocycles. The molecule has 4 heteroatoms. The largest absolute Gasteiger partial charge is 0.486 e. The van der Waals surface area contributed by atoms with Gasteiger partial charge in [0.25, 0.3) is 0 Å². The lowest BCUT2D eigenvalue weighted by atomic mass is 9.77. The van der Waals surface area contributed by atoms with Crippen molar-refractivity contribution in [1.29, 1.82) is 0 Å². The predicted octanol–water partition coefficient (Wildman–Crippen LogP) is 7.53. The van der Waals surface area contributed by atoms with E-state index in [2.05, 4.69) is 19.1 Å². The maximum absolute atomic E-state index is 14.2. The molecule has 2 nitrogen and oxygen atoms in total. The summed E-state index contributed by atoms with van der Waals surface area (Å²) in [6, 6.07) is 11.1. The Morgan fingerprint density at radius 1 is 0.931 bits per heavy atom. The molecule has 1 aliphatic rings. The molecule has 2 aromatic rings. The Morgan fingerprint density at radius 2 is 1.59 bits per heavy atom. The van der Waals surface area contributed by atoms with Crippen molar-refractivity contribution in [2.75, 3.05) is 0 Å². The molecule has 0 N–H and O–H groups in total. The number of benzene rings is 2.